The van der Waals surface area contributed by atoms with Crippen LogP contribution in [0.3, 0.4) is 0 Å². The lowest BCUT2D eigenvalue weighted by Crippen LogP contribution is -2.07. The van der Waals surface area contributed by atoms with Crippen molar-refractivity contribution >= 4 is 5.69 Å². The quantitative estimate of drug-likeness (QED) is 0.793. The van der Waals surface area contributed by atoms with Gasteiger partial charge in [-0.1, -0.05) is 18.2 Å². The highest BCUT2D eigenvalue weighted by Gasteiger charge is 1.92. The van der Waals surface area contributed by atoms with Gasteiger partial charge in [0.2, 0.25) is 0 Å². The van der Waals surface area contributed by atoms with E-state index >= 15 is 0 Å². The largest absolute Gasteiger partial charge is 0.508 e. The highest BCUT2D eigenvalue weighted by atomic mass is 16.3. The van der Waals surface area contributed by atoms with E-state index in [0.29, 0.717) is 11.5 Å². The molecule has 0 aliphatic rings. The van der Waals surface area contributed by atoms with Crippen LogP contribution in [0.2, 0.25) is 0 Å². The number of para-hydroxylation sites is 1. The minimum atomic E-state index is 0.311. The summed E-state index contributed by atoms with van der Waals surface area (Å²) in [4.78, 5) is 1.99. The Morgan fingerprint density at radius 3 is 1.53 bits per heavy atom. The maximum atomic E-state index is 8.92. The van der Waals surface area contributed by atoms with Crippen LogP contribution < -0.4 is 4.90 Å². The van der Waals surface area contributed by atoms with Crippen molar-refractivity contribution in [1.82, 2.24) is 0 Å². The van der Waals surface area contributed by atoms with Crippen LogP contribution in [0, 0.1) is 0 Å². The fourth-order valence-electron chi connectivity index (χ4n) is 1.18. The standard InChI is InChI=1S/C8H11NO.C6H6O/c1-9(2)7-3-5-8(10)6-4-7;7-6-4-2-1-3-5-6/h3-6,10H,1-2H3;1-5,7H. The van der Waals surface area contributed by atoms with Crippen LogP contribution in [0.15, 0.2) is 54.6 Å². The minimum absolute atomic E-state index is 0.311. The van der Waals surface area contributed by atoms with Crippen molar-refractivity contribution < 1.29 is 10.2 Å². The Bertz CT molecular complexity index is 424. The monoisotopic (exact) mass is 231 g/mol. The van der Waals surface area contributed by atoms with Gasteiger partial charge in [-0.2, -0.15) is 0 Å². The molecule has 0 fully saturated rings. The third-order valence-electron chi connectivity index (χ3n) is 2.12. The first-order valence-electron chi connectivity index (χ1n) is 5.30. The van der Waals surface area contributed by atoms with Crippen LogP contribution in [0.4, 0.5) is 5.69 Å². The number of anilines is 1. The fraction of sp³-hybridized carbons (Fsp3) is 0.143. The predicted molar refractivity (Wildman–Crippen MR) is 70.5 cm³/mol. The average molecular weight is 231 g/mol. The van der Waals surface area contributed by atoms with Crippen molar-refractivity contribution in [2.75, 3.05) is 19.0 Å². The number of rotatable bonds is 1. The molecule has 0 heterocycles. The van der Waals surface area contributed by atoms with Crippen molar-refractivity contribution in [2.24, 2.45) is 0 Å². The Morgan fingerprint density at radius 2 is 1.18 bits per heavy atom. The molecule has 0 saturated heterocycles. The molecule has 2 N–H and O–H groups in total. The molecule has 0 unspecified atom stereocenters. The Balaban J connectivity index is 0.000000181. The molecule has 0 amide bonds. The fourth-order valence-corrected chi connectivity index (χ4v) is 1.18. The number of benzene rings is 2. The molecular weight excluding hydrogens is 214 g/mol. The van der Waals surface area contributed by atoms with E-state index in [1.165, 1.54) is 0 Å². The van der Waals surface area contributed by atoms with Gasteiger partial charge in [0, 0.05) is 19.8 Å². The zero-order valence-electron chi connectivity index (χ0n) is 10.0. The van der Waals surface area contributed by atoms with Crippen LogP contribution in [-0.4, -0.2) is 24.3 Å². The molecule has 0 spiro atoms. The van der Waals surface area contributed by atoms with Crippen LogP contribution in [0.5, 0.6) is 11.5 Å². The normalized spacial score (nSPS) is 9.06. The zero-order chi connectivity index (χ0) is 12.7. The van der Waals surface area contributed by atoms with Crippen molar-refractivity contribution in [3.63, 3.8) is 0 Å². The molecule has 0 aliphatic heterocycles. The molecule has 90 valence electrons. The Hall–Kier alpha value is -2.16. The lowest BCUT2D eigenvalue weighted by Gasteiger charge is -2.11. The molecule has 0 radical (unpaired) electrons. The zero-order valence-corrected chi connectivity index (χ0v) is 10.0. The summed E-state index contributed by atoms with van der Waals surface area (Å²) in [6.45, 7) is 0. The summed E-state index contributed by atoms with van der Waals surface area (Å²) in [5.41, 5.74) is 1.10. The van der Waals surface area contributed by atoms with Gasteiger partial charge < -0.3 is 15.1 Å². The molecule has 0 atom stereocenters. The van der Waals surface area contributed by atoms with E-state index in [0.717, 1.165) is 5.69 Å². The van der Waals surface area contributed by atoms with Gasteiger partial charge >= 0.3 is 0 Å². The van der Waals surface area contributed by atoms with E-state index in [1.807, 2.05) is 37.2 Å². The first-order valence-corrected chi connectivity index (χ1v) is 5.30. The molecule has 0 aromatic heterocycles. The molecular formula is C14H17NO2. The van der Waals surface area contributed by atoms with E-state index in [2.05, 4.69) is 0 Å². The van der Waals surface area contributed by atoms with Crippen molar-refractivity contribution in [3.8, 4) is 11.5 Å². The summed E-state index contributed by atoms with van der Waals surface area (Å²) >= 11 is 0. The van der Waals surface area contributed by atoms with Crippen LogP contribution in [0.25, 0.3) is 0 Å². The summed E-state index contributed by atoms with van der Waals surface area (Å²) in [6, 6.07) is 15.8. The SMILES string of the molecule is CN(C)c1ccc(O)cc1.Oc1ccccc1. The third kappa shape index (κ3) is 4.93. The van der Waals surface area contributed by atoms with Gasteiger partial charge in [-0.3, -0.25) is 0 Å². The summed E-state index contributed by atoms with van der Waals surface area (Å²) < 4.78 is 0. The predicted octanol–water partition coefficient (Wildman–Crippen LogP) is 2.85. The number of hydrogen-bond donors (Lipinski definition) is 2. The highest BCUT2D eigenvalue weighted by Crippen LogP contribution is 2.15. The van der Waals surface area contributed by atoms with E-state index in [-0.39, 0.29) is 0 Å². The van der Waals surface area contributed by atoms with Gasteiger partial charge in [0.15, 0.2) is 0 Å². The summed E-state index contributed by atoms with van der Waals surface area (Å²) in [5, 5.41) is 17.6. The summed E-state index contributed by atoms with van der Waals surface area (Å²) in [7, 11) is 3.93. The number of aromatic hydroxyl groups is 2. The lowest BCUT2D eigenvalue weighted by atomic mass is 10.3. The van der Waals surface area contributed by atoms with Crippen molar-refractivity contribution in [2.45, 2.75) is 0 Å². The molecule has 2 aromatic carbocycles. The molecule has 2 aromatic rings. The van der Waals surface area contributed by atoms with Crippen LogP contribution >= 0.6 is 0 Å². The minimum Gasteiger partial charge on any atom is -0.508 e. The van der Waals surface area contributed by atoms with Gasteiger partial charge in [-0.25, -0.2) is 0 Å². The number of hydrogen-bond acceptors (Lipinski definition) is 3. The van der Waals surface area contributed by atoms with E-state index < -0.39 is 0 Å². The first-order chi connectivity index (χ1) is 8.09. The van der Waals surface area contributed by atoms with Gasteiger partial charge in [0.05, 0.1) is 0 Å². The highest BCUT2D eigenvalue weighted by molar-refractivity contribution is 5.47. The van der Waals surface area contributed by atoms with Crippen LogP contribution in [0.1, 0.15) is 0 Å². The second-order valence-corrected chi connectivity index (χ2v) is 3.75. The van der Waals surface area contributed by atoms with Gasteiger partial charge in [-0.15, -0.1) is 0 Å². The van der Waals surface area contributed by atoms with E-state index in [4.69, 9.17) is 10.2 Å². The smallest absolute Gasteiger partial charge is 0.115 e. The Morgan fingerprint density at radius 1 is 0.706 bits per heavy atom. The Kier molecular flexibility index (Phi) is 4.88. The van der Waals surface area contributed by atoms with E-state index in [1.54, 1.807) is 36.4 Å². The third-order valence-corrected chi connectivity index (χ3v) is 2.12. The summed E-state index contributed by atoms with van der Waals surface area (Å²) in [5.74, 6) is 0.633. The van der Waals surface area contributed by atoms with Crippen molar-refractivity contribution in [3.05, 3.63) is 54.6 Å². The Labute approximate surface area is 102 Å². The molecule has 0 aliphatic carbocycles. The molecule has 3 heteroatoms. The van der Waals surface area contributed by atoms with E-state index in [9.17, 15) is 0 Å². The van der Waals surface area contributed by atoms with Gasteiger partial charge in [0.25, 0.3) is 0 Å². The lowest BCUT2D eigenvalue weighted by molar-refractivity contribution is 0.475. The maximum Gasteiger partial charge on any atom is 0.115 e. The molecule has 2 rings (SSSR count). The van der Waals surface area contributed by atoms with Crippen molar-refractivity contribution in [1.29, 1.82) is 0 Å². The van der Waals surface area contributed by atoms with Gasteiger partial charge in [-0.05, 0) is 36.4 Å². The number of phenols is 2. The van der Waals surface area contributed by atoms with Crippen LogP contribution in [-0.2, 0) is 0 Å². The number of phenolic OH excluding ortho intramolecular Hbond substituents is 2. The molecule has 17 heavy (non-hydrogen) atoms. The second kappa shape index (κ2) is 6.43. The molecule has 0 bridgehead atoms. The molecule has 3 nitrogen and oxygen atoms in total. The average Bonchev–Trinajstić information content (AvgIpc) is 2.31. The number of nitrogens with zero attached hydrogens (tertiary/aromatic N) is 1. The summed E-state index contributed by atoms with van der Waals surface area (Å²) in [6.07, 6.45) is 0. The first kappa shape index (κ1) is 12.9. The van der Waals surface area contributed by atoms with Gasteiger partial charge in [0.1, 0.15) is 11.5 Å². The molecule has 0 saturated carbocycles. The maximum absolute atomic E-state index is 8.92. The topological polar surface area (TPSA) is 43.7 Å². The second-order valence-electron chi connectivity index (χ2n) is 3.75.